The summed E-state index contributed by atoms with van der Waals surface area (Å²) in [5.41, 5.74) is 4.93. The first-order chi connectivity index (χ1) is 6.86. The van der Waals surface area contributed by atoms with Crippen LogP contribution >= 0.6 is 0 Å². The van der Waals surface area contributed by atoms with Crippen LogP contribution in [0.3, 0.4) is 0 Å². The van der Waals surface area contributed by atoms with Crippen molar-refractivity contribution in [3.8, 4) is 0 Å². The fourth-order valence-corrected chi connectivity index (χ4v) is 1.28. The monoisotopic (exact) mass is 218 g/mol. The van der Waals surface area contributed by atoms with E-state index >= 15 is 0 Å². The number of nitrogen functional groups attached to an aromatic ring is 1. The third-order valence-corrected chi connectivity index (χ3v) is 2.21. The number of anilines is 2. The topological polar surface area (TPSA) is 29.3 Å². The predicted octanol–water partition coefficient (Wildman–Crippen LogP) is 2.74. The Bertz CT molecular complexity index is 347. The van der Waals surface area contributed by atoms with Crippen LogP contribution in [0.5, 0.6) is 0 Å². The zero-order chi connectivity index (χ0) is 11.6. The maximum absolute atomic E-state index is 12.6. The van der Waals surface area contributed by atoms with Gasteiger partial charge < -0.3 is 10.6 Å². The van der Waals surface area contributed by atoms with Gasteiger partial charge in [-0.05, 0) is 25.1 Å². The van der Waals surface area contributed by atoms with E-state index in [1.165, 1.54) is 17.0 Å². The molecule has 0 unspecified atom stereocenters. The molecule has 1 aromatic carbocycles. The first-order valence-corrected chi connectivity index (χ1v) is 4.54. The van der Waals surface area contributed by atoms with Crippen molar-refractivity contribution in [2.24, 2.45) is 0 Å². The number of alkyl halides is 3. The Hall–Kier alpha value is -1.39. The molecule has 2 nitrogen and oxygen atoms in total. The van der Waals surface area contributed by atoms with E-state index in [-0.39, 0.29) is 11.4 Å². The molecule has 1 aromatic rings. The Morgan fingerprint density at radius 3 is 2.40 bits per heavy atom. The van der Waals surface area contributed by atoms with Gasteiger partial charge in [-0.15, -0.1) is 0 Å². The van der Waals surface area contributed by atoms with Crippen LogP contribution in [0.1, 0.15) is 12.5 Å². The summed E-state index contributed by atoms with van der Waals surface area (Å²) in [6.45, 7) is 2.30. The van der Waals surface area contributed by atoms with E-state index in [1.54, 1.807) is 14.0 Å². The van der Waals surface area contributed by atoms with Gasteiger partial charge in [0.1, 0.15) is 0 Å². The average molecular weight is 218 g/mol. The molecule has 0 aromatic heterocycles. The van der Waals surface area contributed by atoms with Gasteiger partial charge in [0.15, 0.2) is 0 Å². The van der Waals surface area contributed by atoms with Crippen LogP contribution in [0.2, 0.25) is 0 Å². The van der Waals surface area contributed by atoms with Gasteiger partial charge in [0.25, 0.3) is 0 Å². The number of hydrogen-bond acceptors (Lipinski definition) is 2. The van der Waals surface area contributed by atoms with Crippen LogP contribution in [-0.2, 0) is 6.18 Å². The minimum atomic E-state index is -4.37. The average Bonchev–Trinajstić information content (AvgIpc) is 2.15. The summed E-state index contributed by atoms with van der Waals surface area (Å²) in [5.74, 6) is 0. The Morgan fingerprint density at radius 1 is 1.33 bits per heavy atom. The molecule has 0 saturated heterocycles. The zero-order valence-corrected chi connectivity index (χ0v) is 8.60. The molecular formula is C10H13F3N2. The van der Waals surface area contributed by atoms with Crippen molar-refractivity contribution in [2.75, 3.05) is 24.2 Å². The molecular weight excluding hydrogens is 205 g/mol. The van der Waals surface area contributed by atoms with Gasteiger partial charge in [-0.3, -0.25) is 0 Å². The molecule has 5 heteroatoms. The minimum Gasteiger partial charge on any atom is -0.399 e. The lowest BCUT2D eigenvalue weighted by atomic mass is 10.1. The van der Waals surface area contributed by atoms with Gasteiger partial charge in [0.05, 0.1) is 5.56 Å². The quantitative estimate of drug-likeness (QED) is 0.773. The second-order valence-electron chi connectivity index (χ2n) is 3.29. The molecule has 2 N–H and O–H groups in total. The number of nitrogens with zero attached hydrogens (tertiary/aromatic N) is 1. The van der Waals surface area contributed by atoms with E-state index in [0.29, 0.717) is 6.54 Å². The number of halogens is 3. The Kier molecular flexibility index (Phi) is 3.12. The molecule has 1 rings (SSSR count). The summed E-state index contributed by atoms with van der Waals surface area (Å²) in [6, 6.07) is 3.82. The molecule has 0 radical (unpaired) electrons. The first-order valence-electron chi connectivity index (χ1n) is 4.54. The van der Waals surface area contributed by atoms with E-state index < -0.39 is 11.7 Å². The molecule has 0 aliphatic carbocycles. The summed E-state index contributed by atoms with van der Waals surface area (Å²) < 4.78 is 37.9. The highest BCUT2D eigenvalue weighted by Gasteiger charge is 2.34. The third kappa shape index (κ3) is 2.55. The number of hydrogen-bond donors (Lipinski definition) is 1. The van der Waals surface area contributed by atoms with Gasteiger partial charge in [-0.1, -0.05) is 0 Å². The van der Waals surface area contributed by atoms with Gasteiger partial charge in [0, 0.05) is 25.0 Å². The van der Waals surface area contributed by atoms with Crippen LogP contribution in [0, 0.1) is 0 Å². The normalized spacial score (nSPS) is 11.5. The minimum absolute atomic E-state index is 0.121. The molecule has 0 amide bonds. The number of rotatable bonds is 2. The fourth-order valence-electron chi connectivity index (χ4n) is 1.28. The highest BCUT2D eigenvalue weighted by molar-refractivity contribution is 5.60. The predicted molar refractivity (Wildman–Crippen MR) is 54.8 cm³/mol. The summed E-state index contributed by atoms with van der Waals surface area (Å²) in [7, 11) is 1.61. The summed E-state index contributed by atoms with van der Waals surface area (Å²) in [4.78, 5) is 1.53. The number of benzene rings is 1. The van der Waals surface area contributed by atoms with E-state index in [4.69, 9.17) is 5.73 Å². The first kappa shape index (κ1) is 11.7. The van der Waals surface area contributed by atoms with Crippen LogP contribution in [-0.4, -0.2) is 13.6 Å². The summed E-state index contributed by atoms with van der Waals surface area (Å²) >= 11 is 0. The molecule has 0 spiro atoms. The highest BCUT2D eigenvalue weighted by atomic mass is 19.4. The second kappa shape index (κ2) is 4.00. The van der Waals surface area contributed by atoms with E-state index in [9.17, 15) is 13.2 Å². The molecule has 84 valence electrons. The van der Waals surface area contributed by atoms with Crippen molar-refractivity contribution < 1.29 is 13.2 Å². The standard InChI is InChI=1S/C10H13F3N2/c1-3-15(2)9-5-4-7(14)6-8(9)10(11,12)13/h4-6H,3,14H2,1-2H3. The van der Waals surface area contributed by atoms with Crippen LogP contribution in [0.4, 0.5) is 24.5 Å². The smallest absolute Gasteiger partial charge is 0.399 e. The van der Waals surface area contributed by atoms with Crippen LogP contribution in [0.15, 0.2) is 18.2 Å². The molecule has 15 heavy (non-hydrogen) atoms. The second-order valence-corrected chi connectivity index (χ2v) is 3.29. The van der Waals surface area contributed by atoms with Gasteiger partial charge in [-0.25, -0.2) is 0 Å². The van der Waals surface area contributed by atoms with E-state index in [0.717, 1.165) is 6.07 Å². The van der Waals surface area contributed by atoms with Crippen molar-refractivity contribution >= 4 is 11.4 Å². The lowest BCUT2D eigenvalue weighted by Crippen LogP contribution is -2.20. The molecule has 0 aliphatic rings. The Labute approximate surface area is 86.5 Å². The fraction of sp³-hybridized carbons (Fsp3) is 0.400. The maximum Gasteiger partial charge on any atom is 0.418 e. The zero-order valence-electron chi connectivity index (χ0n) is 8.60. The van der Waals surface area contributed by atoms with Gasteiger partial charge in [0.2, 0.25) is 0 Å². The van der Waals surface area contributed by atoms with Gasteiger partial charge in [-0.2, -0.15) is 13.2 Å². The van der Waals surface area contributed by atoms with Gasteiger partial charge >= 0.3 is 6.18 Å². The molecule has 0 atom stereocenters. The van der Waals surface area contributed by atoms with Crippen molar-refractivity contribution in [1.29, 1.82) is 0 Å². The van der Waals surface area contributed by atoms with Crippen LogP contribution in [0.25, 0.3) is 0 Å². The van der Waals surface area contributed by atoms with Crippen LogP contribution < -0.4 is 10.6 Å². The maximum atomic E-state index is 12.6. The molecule has 0 aliphatic heterocycles. The van der Waals surface area contributed by atoms with Crippen molar-refractivity contribution in [1.82, 2.24) is 0 Å². The highest BCUT2D eigenvalue weighted by Crippen LogP contribution is 2.37. The lowest BCUT2D eigenvalue weighted by molar-refractivity contribution is -0.137. The SMILES string of the molecule is CCN(C)c1ccc(N)cc1C(F)(F)F. The Balaban J connectivity index is 3.27. The van der Waals surface area contributed by atoms with Crippen molar-refractivity contribution in [2.45, 2.75) is 13.1 Å². The Morgan fingerprint density at radius 2 is 1.93 bits per heavy atom. The van der Waals surface area contributed by atoms with E-state index in [1.807, 2.05) is 0 Å². The van der Waals surface area contributed by atoms with Crippen molar-refractivity contribution in [3.63, 3.8) is 0 Å². The molecule has 0 heterocycles. The molecule has 0 saturated carbocycles. The number of nitrogens with two attached hydrogens (primary N) is 1. The lowest BCUT2D eigenvalue weighted by Gasteiger charge is -2.22. The summed E-state index contributed by atoms with van der Waals surface area (Å²) in [6.07, 6.45) is -4.37. The largest absolute Gasteiger partial charge is 0.418 e. The summed E-state index contributed by atoms with van der Waals surface area (Å²) in [5, 5.41) is 0. The third-order valence-electron chi connectivity index (χ3n) is 2.21. The molecule has 0 bridgehead atoms. The van der Waals surface area contributed by atoms with E-state index in [2.05, 4.69) is 0 Å². The van der Waals surface area contributed by atoms with Crippen molar-refractivity contribution in [3.05, 3.63) is 23.8 Å². The molecule has 0 fully saturated rings.